The second-order valence-electron chi connectivity index (χ2n) is 7.45. The van der Waals surface area contributed by atoms with Gasteiger partial charge in [-0.2, -0.15) is 0 Å². The highest BCUT2D eigenvalue weighted by Crippen LogP contribution is 2.28. The van der Waals surface area contributed by atoms with Crippen molar-refractivity contribution in [3.63, 3.8) is 0 Å². The van der Waals surface area contributed by atoms with Crippen LogP contribution >= 0.6 is 0 Å². The number of anilines is 1. The maximum Gasteiger partial charge on any atom is 0.225 e. The zero-order chi connectivity index (χ0) is 18.5. The van der Waals surface area contributed by atoms with Crippen LogP contribution in [0.1, 0.15) is 32.6 Å². The molecule has 26 heavy (non-hydrogen) atoms. The number of carbonyl (C=O) groups is 1. The van der Waals surface area contributed by atoms with Gasteiger partial charge in [-0.05, 0) is 39.2 Å². The summed E-state index contributed by atoms with van der Waals surface area (Å²) in [5.41, 5.74) is 0.969. The van der Waals surface area contributed by atoms with E-state index in [0.29, 0.717) is 11.9 Å². The summed E-state index contributed by atoms with van der Waals surface area (Å²) in [6.07, 6.45) is 3.99. The summed E-state index contributed by atoms with van der Waals surface area (Å²) < 4.78 is 10.7. The number of nitrogens with one attached hydrogen (secondary N) is 2. The van der Waals surface area contributed by atoms with Crippen molar-refractivity contribution < 1.29 is 14.3 Å². The first-order valence-electron chi connectivity index (χ1n) is 9.61. The van der Waals surface area contributed by atoms with E-state index in [9.17, 15) is 4.79 Å². The standard InChI is InChI=1S/C20H31N3O3/c1-14-9-15(6-7-21-14)20(24)23-8-4-5-16(13-23)22-17-10-18(25-2)12-19(11-17)26-3/h10-12,14-16,21-22H,4-9,13H2,1-3H3/t14-,15-,16?/m0/s1. The Kier molecular flexibility index (Phi) is 6.25. The van der Waals surface area contributed by atoms with Crippen molar-refractivity contribution in [2.24, 2.45) is 5.92 Å². The minimum atomic E-state index is 0.168. The number of likely N-dealkylation sites (tertiary alicyclic amines) is 1. The molecule has 6 nitrogen and oxygen atoms in total. The third kappa shape index (κ3) is 4.61. The maximum absolute atomic E-state index is 12.9. The van der Waals surface area contributed by atoms with Crippen molar-refractivity contribution in [3.05, 3.63) is 18.2 Å². The van der Waals surface area contributed by atoms with E-state index in [1.165, 1.54) is 0 Å². The average molecular weight is 361 g/mol. The molecule has 0 aromatic heterocycles. The highest BCUT2D eigenvalue weighted by atomic mass is 16.5. The number of hydrogen-bond acceptors (Lipinski definition) is 5. The van der Waals surface area contributed by atoms with E-state index in [4.69, 9.17) is 9.47 Å². The summed E-state index contributed by atoms with van der Waals surface area (Å²) in [7, 11) is 3.30. The number of methoxy groups -OCH3 is 2. The largest absolute Gasteiger partial charge is 0.497 e. The van der Waals surface area contributed by atoms with Crippen molar-refractivity contribution in [2.75, 3.05) is 39.2 Å². The second kappa shape index (κ2) is 8.62. The van der Waals surface area contributed by atoms with Crippen LogP contribution in [0.2, 0.25) is 0 Å². The fourth-order valence-electron chi connectivity index (χ4n) is 4.04. The van der Waals surface area contributed by atoms with E-state index < -0.39 is 0 Å². The molecule has 144 valence electrons. The predicted octanol–water partition coefficient (Wildman–Crippen LogP) is 2.49. The molecular formula is C20H31N3O3. The van der Waals surface area contributed by atoms with E-state index in [-0.39, 0.29) is 12.0 Å². The molecule has 0 aliphatic carbocycles. The third-order valence-corrected chi connectivity index (χ3v) is 5.43. The van der Waals surface area contributed by atoms with Crippen molar-refractivity contribution in [1.29, 1.82) is 0 Å². The molecule has 2 aliphatic rings. The predicted molar refractivity (Wildman–Crippen MR) is 103 cm³/mol. The lowest BCUT2D eigenvalue weighted by molar-refractivity contribution is -0.137. The Morgan fingerprint density at radius 1 is 1.19 bits per heavy atom. The number of rotatable bonds is 5. The van der Waals surface area contributed by atoms with Gasteiger partial charge in [0.1, 0.15) is 11.5 Å². The van der Waals surface area contributed by atoms with Crippen molar-refractivity contribution in [2.45, 2.75) is 44.7 Å². The Morgan fingerprint density at radius 3 is 2.58 bits per heavy atom. The minimum Gasteiger partial charge on any atom is -0.497 e. The molecule has 0 spiro atoms. The molecule has 1 aromatic rings. The molecule has 3 rings (SSSR count). The maximum atomic E-state index is 12.9. The van der Waals surface area contributed by atoms with Gasteiger partial charge in [0, 0.05) is 55.0 Å². The van der Waals surface area contributed by atoms with Gasteiger partial charge in [0.05, 0.1) is 14.2 Å². The average Bonchev–Trinajstić information content (AvgIpc) is 2.67. The lowest BCUT2D eigenvalue weighted by Crippen LogP contribution is -2.49. The van der Waals surface area contributed by atoms with Gasteiger partial charge in [-0.3, -0.25) is 4.79 Å². The van der Waals surface area contributed by atoms with Gasteiger partial charge in [-0.15, -0.1) is 0 Å². The zero-order valence-electron chi connectivity index (χ0n) is 16.1. The molecule has 2 heterocycles. The summed E-state index contributed by atoms with van der Waals surface area (Å²) in [5.74, 6) is 2.02. The Balaban J connectivity index is 1.62. The van der Waals surface area contributed by atoms with Crippen LogP contribution in [0.25, 0.3) is 0 Å². The van der Waals surface area contributed by atoms with Gasteiger partial charge >= 0.3 is 0 Å². The first-order chi connectivity index (χ1) is 12.6. The number of amides is 1. The van der Waals surface area contributed by atoms with Gasteiger partial charge < -0.3 is 25.0 Å². The molecular weight excluding hydrogens is 330 g/mol. The van der Waals surface area contributed by atoms with Crippen LogP contribution in [-0.4, -0.2) is 56.7 Å². The van der Waals surface area contributed by atoms with Crippen molar-refractivity contribution in [1.82, 2.24) is 10.2 Å². The first-order valence-corrected chi connectivity index (χ1v) is 9.61. The van der Waals surface area contributed by atoms with Crippen LogP contribution in [0.15, 0.2) is 18.2 Å². The number of carbonyl (C=O) groups excluding carboxylic acids is 1. The van der Waals surface area contributed by atoms with E-state index in [0.717, 1.165) is 62.5 Å². The van der Waals surface area contributed by atoms with Crippen LogP contribution in [0, 0.1) is 5.92 Å². The molecule has 2 fully saturated rings. The zero-order valence-corrected chi connectivity index (χ0v) is 16.1. The topological polar surface area (TPSA) is 62.8 Å². The Hall–Kier alpha value is -1.95. The molecule has 1 aromatic carbocycles. The Bertz CT molecular complexity index is 600. The van der Waals surface area contributed by atoms with Crippen LogP contribution in [-0.2, 0) is 4.79 Å². The molecule has 0 bridgehead atoms. The fraction of sp³-hybridized carbons (Fsp3) is 0.650. The van der Waals surface area contributed by atoms with Crippen LogP contribution in [0.3, 0.4) is 0 Å². The summed E-state index contributed by atoms with van der Waals surface area (Å²) in [6.45, 7) is 4.74. The molecule has 2 saturated heterocycles. The lowest BCUT2D eigenvalue weighted by Gasteiger charge is -2.37. The van der Waals surface area contributed by atoms with Gasteiger partial charge in [0.2, 0.25) is 5.91 Å². The molecule has 1 unspecified atom stereocenters. The SMILES string of the molecule is COc1cc(NC2CCCN(C(=O)[C@H]3CCN[C@@H](C)C3)C2)cc(OC)c1. The number of benzene rings is 1. The van der Waals surface area contributed by atoms with E-state index in [1.54, 1.807) is 14.2 Å². The number of hydrogen-bond donors (Lipinski definition) is 2. The fourth-order valence-corrected chi connectivity index (χ4v) is 4.04. The van der Waals surface area contributed by atoms with Gasteiger partial charge in [-0.1, -0.05) is 0 Å². The van der Waals surface area contributed by atoms with E-state index in [1.807, 2.05) is 18.2 Å². The van der Waals surface area contributed by atoms with Crippen LogP contribution in [0.4, 0.5) is 5.69 Å². The quantitative estimate of drug-likeness (QED) is 0.844. The molecule has 0 radical (unpaired) electrons. The van der Waals surface area contributed by atoms with Gasteiger partial charge in [0.15, 0.2) is 0 Å². The molecule has 3 atom stereocenters. The van der Waals surface area contributed by atoms with Crippen molar-refractivity contribution in [3.8, 4) is 11.5 Å². The van der Waals surface area contributed by atoms with Gasteiger partial charge in [-0.25, -0.2) is 0 Å². The molecule has 2 N–H and O–H groups in total. The highest BCUT2D eigenvalue weighted by molar-refractivity contribution is 5.79. The van der Waals surface area contributed by atoms with E-state index >= 15 is 0 Å². The summed E-state index contributed by atoms with van der Waals surface area (Å²) in [6, 6.07) is 6.49. The van der Waals surface area contributed by atoms with Crippen molar-refractivity contribution >= 4 is 11.6 Å². The first kappa shape index (κ1) is 18.8. The number of nitrogens with zero attached hydrogens (tertiary/aromatic N) is 1. The molecule has 2 aliphatic heterocycles. The summed E-state index contributed by atoms with van der Waals surface area (Å²) in [4.78, 5) is 15.0. The van der Waals surface area contributed by atoms with Gasteiger partial charge in [0.25, 0.3) is 0 Å². The van der Waals surface area contributed by atoms with E-state index in [2.05, 4.69) is 22.5 Å². The summed E-state index contributed by atoms with van der Waals surface area (Å²) >= 11 is 0. The minimum absolute atomic E-state index is 0.168. The van der Waals surface area contributed by atoms with Crippen LogP contribution < -0.4 is 20.1 Å². The summed E-state index contributed by atoms with van der Waals surface area (Å²) in [5, 5.41) is 6.99. The molecule has 6 heteroatoms. The third-order valence-electron chi connectivity index (χ3n) is 5.43. The molecule has 0 saturated carbocycles. The highest BCUT2D eigenvalue weighted by Gasteiger charge is 2.31. The number of piperidine rings is 2. The number of ether oxygens (including phenoxy) is 2. The Morgan fingerprint density at radius 2 is 1.92 bits per heavy atom. The molecule has 1 amide bonds. The smallest absolute Gasteiger partial charge is 0.225 e. The normalized spacial score (nSPS) is 26.3. The van der Waals surface area contributed by atoms with Crippen LogP contribution in [0.5, 0.6) is 11.5 Å². The second-order valence-corrected chi connectivity index (χ2v) is 7.45. The monoisotopic (exact) mass is 361 g/mol. The lowest BCUT2D eigenvalue weighted by atomic mass is 9.91. The Labute approximate surface area is 156 Å².